The zero-order valence-electron chi connectivity index (χ0n) is 30.3. The molecule has 1 aliphatic heterocycles. The Labute approximate surface area is 301 Å². The fourth-order valence-corrected chi connectivity index (χ4v) is 5.69. The van der Waals surface area contributed by atoms with E-state index in [1.807, 2.05) is 106 Å². The Morgan fingerprint density at radius 1 is 0.863 bits per heavy atom. The zero-order valence-corrected chi connectivity index (χ0v) is 30.3. The van der Waals surface area contributed by atoms with Gasteiger partial charge in [-0.2, -0.15) is 0 Å². The summed E-state index contributed by atoms with van der Waals surface area (Å²) in [5.41, 5.74) is 2.77. The van der Waals surface area contributed by atoms with Crippen LogP contribution in [0.25, 0.3) is 0 Å². The molecule has 0 saturated heterocycles. The minimum Gasteiger partial charge on any atom is -0.460 e. The predicted octanol–water partition coefficient (Wildman–Crippen LogP) is 5.41. The average Bonchev–Trinajstić information content (AvgIpc) is 3.24. The van der Waals surface area contributed by atoms with E-state index in [1.165, 1.54) is 9.80 Å². The number of para-hydroxylation sites is 1. The van der Waals surface area contributed by atoms with Crippen molar-refractivity contribution in [2.45, 2.75) is 83.8 Å². The van der Waals surface area contributed by atoms with Crippen molar-refractivity contribution in [1.82, 2.24) is 15.5 Å². The van der Waals surface area contributed by atoms with Crippen LogP contribution in [-0.4, -0.2) is 79.8 Å². The van der Waals surface area contributed by atoms with Gasteiger partial charge in [-0.05, 0) is 75.8 Å². The van der Waals surface area contributed by atoms with Gasteiger partial charge in [-0.1, -0.05) is 85.3 Å². The molecule has 3 aromatic rings. The van der Waals surface area contributed by atoms with E-state index in [1.54, 1.807) is 7.05 Å². The first-order chi connectivity index (χ1) is 24.5. The van der Waals surface area contributed by atoms with Crippen LogP contribution in [0.2, 0.25) is 0 Å². The van der Waals surface area contributed by atoms with Gasteiger partial charge in [0.2, 0.25) is 5.91 Å². The molecule has 2 amide bonds. The van der Waals surface area contributed by atoms with Crippen LogP contribution in [0.15, 0.2) is 84.9 Å². The van der Waals surface area contributed by atoms with Crippen molar-refractivity contribution in [3.63, 3.8) is 0 Å². The number of esters is 2. The first kappa shape index (κ1) is 39.1. The number of unbranched alkanes of at least 4 members (excludes halogenated alkanes) is 1. The number of carbonyl (C=O) groups is 4. The van der Waals surface area contributed by atoms with Gasteiger partial charge in [0, 0.05) is 25.8 Å². The maximum Gasteiger partial charge on any atom is 0.410 e. The first-order valence-electron chi connectivity index (χ1n) is 17.7. The van der Waals surface area contributed by atoms with Crippen LogP contribution >= 0.6 is 0 Å². The summed E-state index contributed by atoms with van der Waals surface area (Å²) in [5, 5.41) is 6.67. The van der Waals surface area contributed by atoms with Gasteiger partial charge < -0.3 is 24.4 Å². The van der Waals surface area contributed by atoms with Gasteiger partial charge in [-0.3, -0.25) is 24.6 Å². The fourth-order valence-electron chi connectivity index (χ4n) is 5.69. The third-order valence-corrected chi connectivity index (χ3v) is 8.42. The lowest BCUT2D eigenvalue weighted by atomic mass is 10.0. The van der Waals surface area contributed by atoms with Crippen LogP contribution in [0.1, 0.15) is 63.1 Å². The number of nitrogens with one attached hydrogen (secondary N) is 2. The second kappa shape index (κ2) is 19.6. The van der Waals surface area contributed by atoms with Gasteiger partial charge in [-0.25, -0.2) is 4.79 Å². The highest BCUT2D eigenvalue weighted by molar-refractivity contribution is 6.02. The Morgan fingerprint density at radius 3 is 2.16 bits per heavy atom. The monoisotopic (exact) mass is 700 g/mol. The largest absolute Gasteiger partial charge is 0.460 e. The minimum atomic E-state index is -0.742. The Bertz CT molecular complexity index is 1560. The molecule has 274 valence electrons. The van der Waals surface area contributed by atoms with E-state index >= 15 is 0 Å². The lowest BCUT2D eigenvalue weighted by Crippen LogP contribution is -2.53. The number of likely N-dealkylation sites (N-methyl/N-ethyl adjacent to an activating group) is 1. The predicted molar refractivity (Wildman–Crippen MR) is 196 cm³/mol. The summed E-state index contributed by atoms with van der Waals surface area (Å²) in [5.74, 6) is -1.26. The van der Waals surface area contributed by atoms with Crippen molar-refractivity contribution in [2.24, 2.45) is 0 Å². The van der Waals surface area contributed by atoms with Crippen LogP contribution in [0.3, 0.4) is 0 Å². The first-order valence-corrected chi connectivity index (χ1v) is 17.7. The van der Waals surface area contributed by atoms with E-state index in [4.69, 9.17) is 14.2 Å². The van der Waals surface area contributed by atoms with E-state index in [2.05, 4.69) is 10.6 Å². The van der Waals surface area contributed by atoms with Gasteiger partial charge in [0.25, 0.3) is 0 Å². The highest BCUT2D eigenvalue weighted by Gasteiger charge is 2.35. The van der Waals surface area contributed by atoms with Crippen molar-refractivity contribution >= 4 is 29.6 Å². The molecular weight excluding hydrogens is 648 g/mol. The molecule has 1 heterocycles. The third kappa shape index (κ3) is 13.1. The lowest BCUT2D eigenvalue weighted by molar-refractivity contribution is -0.148. The number of benzene rings is 3. The molecule has 0 unspecified atom stereocenters. The molecule has 0 bridgehead atoms. The summed E-state index contributed by atoms with van der Waals surface area (Å²) in [6, 6.07) is 24.9. The number of hydrogen-bond donors (Lipinski definition) is 2. The summed E-state index contributed by atoms with van der Waals surface area (Å²) in [6.45, 7) is 7.25. The summed E-state index contributed by atoms with van der Waals surface area (Å²) in [7, 11) is 1.70. The number of anilines is 1. The summed E-state index contributed by atoms with van der Waals surface area (Å²) < 4.78 is 16.7. The molecule has 11 heteroatoms. The number of amides is 2. The average molecular weight is 701 g/mol. The molecule has 0 fully saturated rings. The Hall–Kier alpha value is -4.74. The van der Waals surface area contributed by atoms with Crippen LogP contribution in [-0.2, 0) is 48.2 Å². The molecule has 0 saturated carbocycles. The van der Waals surface area contributed by atoms with E-state index in [9.17, 15) is 19.2 Å². The van der Waals surface area contributed by atoms with Crippen molar-refractivity contribution in [1.29, 1.82) is 0 Å². The molecule has 2 atom stereocenters. The van der Waals surface area contributed by atoms with Gasteiger partial charge in [-0.15, -0.1) is 0 Å². The van der Waals surface area contributed by atoms with E-state index in [-0.39, 0.29) is 31.8 Å². The summed E-state index contributed by atoms with van der Waals surface area (Å²) in [4.78, 5) is 55.9. The van der Waals surface area contributed by atoms with Crippen LogP contribution in [0, 0.1) is 0 Å². The summed E-state index contributed by atoms with van der Waals surface area (Å²) in [6.07, 6.45) is 2.56. The third-order valence-electron chi connectivity index (χ3n) is 8.42. The molecule has 0 aliphatic carbocycles. The zero-order chi connectivity index (χ0) is 36.6. The molecule has 2 N–H and O–H groups in total. The standard InChI is InChI=1S/C40H52N4O7/c1-40(2,3)51-39(48)43(4)26-25-41-24-14-13-20-34(38(47)50-29-31-17-9-6-10-18-31)42-33-23-22-32-19-11-12-21-35(32)44(37(33)46)27-36(45)49-28-30-15-7-5-8-16-30/h5-12,15-19,21,33-34,41-42H,13-14,20,22-29H2,1-4H3/t33-,34-/m0/s1. The number of rotatable bonds is 17. The molecule has 0 spiro atoms. The lowest BCUT2D eigenvalue weighted by Gasteiger charge is -2.28. The second-order valence-corrected chi connectivity index (χ2v) is 13.8. The highest BCUT2D eigenvalue weighted by atomic mass is 16.6. The smallest absolute Gasteiger partial charge is 0.410 e. The Kier molecular flexibility index (Phi) is 15.0. The SMILES string of the molecule is CN(CCNCCCC[C@H](N[C@H]1CCc2ccccc2N(CC(=O)OCc2ccccc2)C1=O)C(=O)OCc1ccccc1)C(=O)OC(C)(C)C. The molecular formula is C40H52N4O7. The second-order valence-electron chi connectivity index (χ2n) is 13.8. The van der Waals surface area contributed by atoms with E-state index in [0.29, 0.717) is 51.0 Å². The maximum atomic E-state index is 14.1. The molecule has 51 heavy (non-hydrogen) atoms. The number of nitrogens with zero attached hydrogens (tertiary/aromatic N) is 2. The van der Waals surface area contributed by atoms with Gasteiger partial charge in [0.1, 0.15) is 31.4 Å². The Morgan fingerprint density at radius 2 is 1.49 bits per heavy atom. The molecule has 11 nitrogen and oxygen atoms in total. The number of ether oxygens (including phenoxy) is 3. The maximum absolute atomic E-state index is 14.1. The van der Waals surface area contributed by atoms with Gasteiger partial charge in [0.05, 0.1) is 6.04 Å². The number of aryl methyl sites for hydroxylation is 1. The summed E-state index contributed by atoms with van der Waals surface area (Å²) >= 11 is 0. The highest BCUT2D eigenvalue weighted by Crippen LogP contribution is 2.27. The van der Waals surface area contributed by atoms with Gasteiger partial charge >= 0.3 is 18.0 Å². The van der Waals surface area contributed by atoms with Crippen molar-refractivity contribution in [3.05, 3.63) is 102 Å². The number of fused-ring (bicyclic) bond motifs is 1. The molecule has 0 aromatic heterocycles. The minimum absolute atomic E-state index is 0.107. The van der Waals surface area contributed by atoms with Crippen LogP contribution in [0.5, 0.6) is 0 Å². The number of carbonyl (C=O) groups excluding carboxylic acids is 4. The quantitative estimate of drug-likeness (QED) is 0.108. The van der Waals surface area contributed by atoms with Crippen molar-refractivity contribution in [2.75, 3.05) is 38.1 Å². The van der Waals surface area contributed by atoms with Crippen LogP contribution < -0.4 is 15.5 Å². The number of hydrogen-bond acceptors (Lipinski definition) is 9. The normalized spacial score (nSPS) is 14.9. The van der Waals surface area contributed by atoms with Crippen molar-refractivity contribution < 1.29 is 33.4 Å². The van der Waals surface area contributed by atoms with Crippen molar-refractivity contribution in [3.8, 4) is 0 Å². The van der Waals surface area contributed by atoms with E-state index < -0.39 is 29.6 Å². The van der Waals surface area contributed by atoms with Gasteiger partial charge in [0.15, 0.2) is 0 Å². The molecule has 0 radical (unpaired) electrons. The fraction of sp³-hybridized carbons (Fsp3) is 0.450. The van der Waals surface area contributed by atoms with E-state index in [0.717, 1.165) is 23.1 Å². The van der Waals surface area contributed by atoms with Crippen LogP contribution in [0.4, 0.5) is 10.5 Å². The molecule has 4 rings (SSSR count). The topological polar surface area (TPSA) is 127 Å². The molecule has 3 aromatic carbocycles. The molecule has 1 aliphatic rings. The Balaban J connectivity index is 1.37.